The molecule has 2 aliphatic rings. The molecule has 0 unspecified atom stereocenters. The lowest BCUT2D eigenvalue weighted by molar-refractivity contribution is -0.117. The van der Waals surface area contributed by atoms with Gasteiger partial charge in [0.1, 0.15) is 0 Å². The van der Waals surface area contributed by atoms with Crippen molar-refractivity contribution in [3.63, 3.8) is 0 Å². The van der Waals surface area contributed by atoms with Crippen LogP contribution < -0.4 is 10.6 Å². The number of rotatable bonds is 6. The average molecular weight is 556 g/mol. The normalized spacial score (nSPS) is 20.1. The molecule has 1 aromatic carbocycles. The number of aromatic nitrogens is 2. The topological polar surface area (TPSA) is 108 Å². The van der Waals surface area contributed by atoms with Crippen molar-refractivity contribution >= 4 is 42.5 Å². The molecule has 0 bridgehead atoms. The first-order valence-corrected chi connectivity index (χ1v) is 12.6. The largest absolute Gasteiger partial charge is 0.465 e. The van der Waals surface area contributed by atoms with Gasteiger partial charge in [0.25, 0.3) is 0 Å². The highest BCUT2D eigenvalue weighted by Crippen LogP contribution is 2.43. The summed E-state index contributed by atoms with van der Waals surface area (Å²) in [5.41, 5.74) is 9.61. The fourth-order valence-corrected chi connectivity index (χ4v) is 5.53. The number of carbonyl (C=O) groups excluding carboxylic acids is 1. The highest BCUT2D eigenvalue weighted by atomic mass is 35.5. The summed E-state index contributed by atoms with van der Waals surface area (Å²) < 4.78 is 1.96. The van der Waals surface area contributed by atoms with E-state index in [1.165, 1.54) is 4.90 Å². The van der Waals surface area contributed by atoms with Crippen LogP contribution in [0.25, 0.3) is 11.1 Å². The Balaban J connectivity index is 0.00000241. The number of hydrogen-bond acceptors (Lipinski definition) is 5. The van der Waals surface area contributed by atoms with Crippen LogP contribution in [0.15, 0.2) is 30.6 Å². The van der Waals surface area contributed by atoms with E-state index in [-0.39, 0.29) is 48.8 Å². The van der Waals surface area contributed by atoms with Gasteiger partial charge in [-0.15, -0.1) is 24.8 Å². The van der Waals surface area contributed by atoms with Crippen LogP contribution in [0.4, 0.5) is 10.5 Å². The molecule has 4 rings (SSSR count). The Morgan fingerprint density at radius 1 is 1.16 bits per heavy atom. The Hall–Kier alpha value is -2.33. The lowest BCUT2D eigenvalue weighted by atomic mass is 9.88. The molecule has 2 aliphatic heterocycles. The van der Waals surface area contributed by atoms with Crippen LogP contribution in [0.3, 0.4) is 0 Å². The molecule has 11 heteroatoms. The van der Waals surface area contributed by atoms with Crippen LogP contribution in [-0.2, 0) is 11.3 Å². The van der Waals surface area contributed by atoms with E-state index in [9.17, 15) is 14.7 Å². The number of likely N-dealkylation sites (tertiary alicyclic amines) is 1. The molecule has 2 atom stereocenters. The molecule has 9 nitrogen and oxygen atoms in total. The number of nitrogens with two attached hydrogens (primary N) is 1. The standard InChI is InChI=1S/C26H38N6O3.2ClH/c1-17(2)31(26(34)35)25-13-18(3)32(19(4)33)24-6-5-20(14-23(24)25)21-15-28-30(16-21)12-11-29-9-7-22(27)8-10-29;;/h5-6,14-18,22,25H,7-13,27H2,1-4H3,(H,34,35);2*1H/t18-,25+;;/m0../s1. The zero-order chi connectivity index (χ0) is 25.3. The van der Waals surface area contributed by atoms with E-state index in [0.717, 1.165) is 61.4 Å². The Labute approximate surface area is 231 Å². The lowest BCUT2D eigenvalue weighted by Gasteiger charge is -2.43. The molecule has 0 radical (unpaired) electrons. The Bertz CT molecular complexity index is 1070. The molecule has 2 aromatic rings. The third kappa shape index (κ3) is 6.76. The summed E-state index contributed by atoms with van der Waals surface area (Å²) in [7, 11) is 0. The van der Waals surface area contributed by atoms with E-state index in [2.05, 4.69) is 10.00 Å². The first-order valence-electron chi connectivity index (χ1n) is 12.6. The first-order chi connectivity index (χ1) is 16.7. The van der Waals surface area contributed by atoms with E-state index in [1.54, 1.807) is 11.8 Å². The predicted molar refractivity (Wildman–Crippen MR) is 151 cm³/mol. The first kappa shape index (κ1) is 30.9. The van der Waals surface area contributed by atoms with Crippen LogP contribution in [0.1, 0.15) is 58.6 Å². The maximum atomic E-state index is 12.5. The fourth-order valence-electron chi connectivity index (χ4n) is 5.53. The molecule has 0 saturated carbocycles. The number of hydrogen-bond donors (Lipinski definition) is 2. The summed E-state index contributed by atoms with van der Waals surface area (Å²) in [5.74, 6) is -0.0390. The summed E-state index contributed by atoms with van der Waals surface area (Å²) in [5, 5.41) is 14.5. The van der Waals surface area contributed by atoms with E-state index >= 15 is 0 Å². The number of fused-ring (bicyclic) bond motifs is 1. The second-order valence-corrected chi connectivity index (χ2v) is 10.2. The number of amides is 2. The maximum absolute atomic E-state index is 12.5. The molecule has 1 saturated heterocycles. The number of benzene rings is 1. The van der Waals surface area contributed by atoms with Gasteiger partial charge in [-0.1, -0.05) is 6.07 Å². The van der Waals surface area contributed by atoms with Crippen molar-refractivity contribution in [2.75, 3.05) is 24.5 Å². The highest BCUT2D eigenvalue weighted by Gasteiger charge is 2.38. The van der Waals surface area contributed by atoms with Crippen molar-refractivity contribution in [3.8, 4) is 11.1 Å². The third-order valence-electron chi connectivity index (χ3n) is 7.35. The molecule has 1 fully saturated rings. The number of halogens is 2. The summed E-state index contributed by atoms with van der Waals surface area (Å²) in [6.07, 6.45) is 5.59. The van der Waals surface area contributed by atoms with Gasteiger partial charge in [-0.3, -0.25) is 14.4 Å². The highest BCUT2D eigenvalue weighted by molar-refractivity contribution is 5.94. The smallest absolute Gasteiger partial charge is 0.408 e. The molecule has 0 spiro atoms. The molecular weight excluding hydrogens is 515 g/mol. The molecule has 1 aromatic heterocycles. The Morgan fingerprint density at radius 2 is 1.84 bits per heavy atom. The molecule has 0 aliphatic carbocycles. The van der Waals surface area contributed by atoms with Crippen LogP contribution in [0.2, 0.25) is 0 Å². The molecule has 2 amide bonds. The Kier molecular flexibility index (Phi) is 10.8. The minimum Gasteiger partial charge on any atom is -0.465 e. The van der Waals surface area contributed by atoms with Crippen molar-refractivity contribution in [3.05, 3.63) is 36.2 Å². The Morgan fingerprint density at radius 3 is 2.43 bits per heavy atom. The van der Waals surface area contributed by atoms with Gasteiger partial charge < -0.3 is 20.6 Å². The molecule has 3 heterocycles. The van der Waals surface area contributed by atoms with Crippen molar-refractivity contribution in [2.24, 2.45) is 5.73 Å². The van der Waals surface area contributed by atoms with E-state index < -0.39 is 6.09 Å². The number of nitrogens with zero attached hydrogens (tertiary/aromatic N) is 5. The van der Waals surface area contributed by atoms with Gasteiger partial charge in [0.2, 0.25) is 5.91 Å². The van der Waals surface area contributed by atoms with Gasteiger partial charge in [-0.05, 0) is 76.4 Å². The quantitative estimate of drug-likeness (QED) is 0.548. The van der Waals surface area contributed by atoms with Crippen molar-refractivity contribution in [1.29, 1.82) is 0 Å². The second kappa shape index (κ2) is 13.0. The minimum absolute atomic E-state index is 0. The summed E-state index contributed by atoms with van der Waals surface area (Å²) in [4.78, 5) is 30.4. The van der Waals surface area contributed by atoms with Crippen LogP contribution in [-0.4, -0.2) is 74.4 Å². The number of carboxylic acid groups (broad SMARTS) is 1. The molecule has 3 N–H and O–H groups in total. The van der Waals surface area contributed by atoms with E-state index in [4.69, 9.17) is 5.73 Å². The predicted octanol–water partition coefficient (Wildman–Crippen LogP) is 4.39. The molecular formula is C26H40Cl2N6O3. The van der Waals surface area contributed by atoms with Crippen molar-refractivity contribution in [1.82, 2.24) is 19.6 Å². The zero-order valence-electron chi connectivity index (χ0n) is 22.0. The lowest BCUT2D eigenvalue weighted by Crippen LogP contribution is -2.48. The molecule has 206 valence electrons. The van der Waals surface area contributed by atoms with Gasteiger partial charge in [0.05, 0.1) is 18.8 Å². The maximum Gasteiger partial charge on any atom is 0.408 e. The van der Waals surface area contributed by atoms with Gasteiger partial charge in [-0.2, -0.15) is 5.10 Å². The van der Waals surface area contributed by atoms with Gasteiger partial charge >= 0.3 is 6.09 Å². The summed E-state index contributed by atoms with van der Waals surface area (Å²) in [6, 6.07) is 5.70. The minimum atomic E-state index is -0.948. The number of anilines is 1. The van der Waals surface area contributed by atoms with Crippen molar-refractivity contribution < 1.29 is 14.7 Å². The van der Waals surface area contributed by atoms with Gasteiger partial charge in [-0.25, -0.2) is 4.79 Å². The van der Waals surface area contributed by atoms with Crippen LogP contribution in [0.5, 0.6) is 0 Å². The van der Waals surface area contributed by atoms with Crippen LogP contribution in [0, 0.1) is 0 Å². The molecule has 37 heavy (non-hydrogen) atoms. The van der Waals surface area contributed by atoms with Crippen molar-refractivity contribution in [2.45, 2.75) is 77.7 Å². The number of carbonyl (C=O) groups is 2. The zero-order valence-corrected chi connectivity index (χ0v) is 23.7. The monoisotopic (exact) mass is 554 g/mol. The fraction of sp³-hybridized carbons (Fsp3) is 0.577. The summed E-state index contributed by atoms with van der Waals surface area (Å²) >= 11 is 0. The van der Waals surface area contributed by atoms with Gasteiger partial charge in [0, 0.05) is 49.0 Å². The SMILES string of the molecule is CC(=O)N1c2ccc(-c3cnn(CCN4CCC(N)CC4)c3)cc2[C@H](N(C(=O)O)C(C)C)C[C@@H]1C.Cl.Cl. The third-order valence-corrected chi connectivity index (χ3v) is 7.35. The second-order valence-electron chi connectivity index (χ2n) is 10.2. The number of piperidine rings is 1. The average Bonchev–Trinajstić information content (AvgIpc) is 3.27. The van der Waals surface area contributed by atoms with E-state index in [0.29, 0.717) is 12.5 Å². The van der Waals surface area contributed by atoms with Crippen LogP contribution >= 0.6 is 24.8 Å². The summed E-state index contributed by atoms with van der Waals surface area (Å²) in [6.45, 7) is 11.1. The van der Waals surface area contributed by atoms with Gasteiger partial charge in [0.15, 0.2) is 0 Å². The van der Waals surface area contributed by atoms with E-state index in [1.807, 2.05) is 56.0 Å².